The van der Waals surface area contributed by atoms with E-state index in [1.165, 1.54) is 0 Å². The van der Waals surface area contributed by atoms with Gasteiger partial charge in [-0.05, 0) is 44.0 Å². The molecule has 0 bridgehead atoms. The van der Waals surface area contributed by atoms with Crippen molar-refractivity contribution in [2.45, 2.75) is 32.2 Å². The SMILES string of the molecule is CC(NC(=O)CCCCN)c1ccncc1. The van der Waals surface area contributed by atoms with Crippen molar-refractivity contribution < 1.29 is 4.79 Å². The fourth-order valence-corrected chi connectivity index (χ4v) is 1.48. The molecule has 3 N–H and O–H groups in total. The number of nitrogens with two attached hydrogens (primary N) is 1. The minimum Gasteiger partial charge on any atom is -0.350 e. The van der Waals surface area contributed by atoms with Crippen molar-refractivity contribution >= 4 is 5.91 Å². The van der Waals surface area contributed by atoms with Crippen LogP contribution < -0.4 is 11.1 Å². The number of aromatic nitrogens is 1. The van der Waals surface area contributed by atoms with Gasteiger partial charge in [0.25, 0.3) is 0 Å². The van der Waals surface area contributed by atoms with Gasteiger partial charge < -0.3 is 11.1 Å². The first-order valence-corrected chi connectivity index (χ1v) is 5.63. The summed E-state index contributed by atoms with van der Waals surface area (Å²) in [5.74, 6) is 0.0813. The van der Waals surface area contributed by atoms with Crippen LogP contribution in [0, 0.1) is 0 Å². The Hall–Kier alpha value is -1.42. The van der Waals surface area contributed by atoms with Crippen LogP contribution in [0.5, 0.6) is 0 Å². The van der Waals surface area contributed by atoms with E-state index in [9.17, 15) is 4.79 Å². The largest absolute Gasteiger partial charge is 0.350 e. The lowest BCUT2D eigenvalue weighted by molar-refractivity contribution is -0.121. The Bertz CT molecular complexity index is 313. The number of nitrogens with zero attached hydrogens (tertiary/aromatic N) is 1. The molecule has 0 fully saturated rings. The number of nitrogens with one attached hydrogen (secondary N) is 1. The van der Waals surface area contributed by atoms with Crippen molar-refractivity contribution in [2.24, 2.45) is 5.73 Å². The molecule has 0 spiro atoms. The standard InChI is InChI=1S/C12H19N3O/c1-10(11-5-8-14-9-6-11)15-12(16)4-2-3-7-13/h5-6,8-10H,2-4,7,13H2,1H3,(H,15,16). The highest BCUT2D eigenvalue weighted by Crippen LogP contribution is 2.10. The fraction of sp³-hybridized carbons (Fsp3) is 0.500. The average molecular weight is 221 g/mol. The van der Waals surface area contributed by atoms with E-state index in [1.54, 1.807) is 12.4 Å². The van der Waals surface area contributed by atoms with E-state index in [0.717, 1.165) is 18.4 Å². The van der Waals surface area contributed by atoms with E-state index in [4.69, 9.17) is 5.73 Å². The van der Waals surface area contributed by atoms with E-state index < -0.39 is 0 Å². The summed E-state index contributed by atoms with van der Waals surface area (Å²) < 4.78 is 0. The van der Waals surface area contributed by atoms with Crippen molar-refractivity contribution in [1.82, 2.24) is 10.3 Å². The van der Waals surface area contributed by atoms with Gasteiger partial charge in [-0.25, -0.2) is 0 Å². The Morgan fingerprint density at radius 3 is 2.75 bits per heavy atom. The van der Waals surface area contributed by atoms with Crippen molar-refractivity contribution in [3.8, 4) is 0 Å². The van der Waals surface area contributed by atoms with Gasteiger partial charge in [0, 0.05) is 18.8 Å². The van der Waals surface area contributed by atoms with Crippen LogP contribution in [0.4, 0.5) is 0 Å². The zero-order valence-corrected chi connectivity index (χ0v) is 9.65. The molecule has 1 heterocycles. The number of carbonyl (C=O) groups excluding carboxylic acids is 1. The van der Waals surface area contributed by atoms with Crippen LogP contribution in [0.15, 0.2) is 24.5 Å². The Kier molecular flexibility index (Phi) is 5.50. The molecule has 0 aromatic carbocycles. The minimum atomic E-state index is 0.0355. The molecule has 1 atom stereocenters. The molecular weight excluding hydrogens is 202 g/mol. The number of hydrogen-bond acceptors (Lipinski definition) is 3. The number of hydrogen-bond donors (Lipinski definition) is 2. The number of rotatable bonds is 6. The number of unbranched alkanes of at least 4 members (excludes halogenated alkanes) is 1. The first-order valence-electron chi connectivity index (χ1n) is 5.63. The summed E-state index contributed by atoms with van der Waals surface area (Å²) in [5.41, 5.74) is 6.44. The van der Waals surface area contributed by atoms with Gasteiger partial charge in [0.1, 0.15) is 0 Å². The molecule has 0 saturated heterocycles. The maximum absolute atomic E-state index is 11.5. The Labute approximate surface area is 96.3 Å². The molecule has 1 aromatic rings. The molecular formula is C12H19N3O. The zero-order valence-electron chi connectivity index (χ0n) is 9.65. The van der Waals surface area contributed by atoms with Crippen molar-refractivity contribution in [1.29, 1.82) is 0 Å². The maximum atomic E-state index is 11.5. The Balaban J connectivity index is 2.34. The summed E-state index contributed by atoms with van der Waals surface area (Å²) in [4.78, 5) is 15.5. The molecule has 1 aromatic heterocycles. The highest BCUT2D eigenvalue weighted by molar-refractivity contribution is 5.76. The topological polar surface area (TPSA) is 68.0 Å². The average Bonchev–Trinajstić information content (AvgIpc) is 2.30. The monoisotopic (exact) mass is 221 g/mol. The van der Waals surface area contributed by atoms with Gasteiger partial charge in [-0.2, -0.15) is 0 Å². The number of amides is 1. The molecule has 1 unspecified atom stereocenters. The molecule has 0 aliphatic carbocycles. The third-order valence-corrected chi connectivity index (χ3v) is 2.44. The molecule has 0 aliphatic heterocycles. The van der Waals surface area contributed by atoms with E-state index in [-0.39, 0.29) is 11.9 Å². The van der Waals surface area contributed by atoms with Crippen molar-refractivity contribution in [3.63, 3.8) is 0 Å². The Morgan fingerprint density at radius 2 is 2.12 bits per heavy atom. The lowest BCUT2D eigenvalue weighted by atomic mass is 10.1. The van der Waals surface area contributed by atoms with Crippen molar-refractivity contribution in [2.75, 3.05) is 6.54 Å². The van der Waals surface area contributed by atoms with E-state index >= 15 is 0 Å². The quantitative estimate of drug-likeness (QED) is 0.713. The van der Waals surface area contributed by atoms with Crippen molar-refractivity contribution in [3.05, 3.63) is 30.1 Å². The predicted molar refractivity (Wildman–Crippen MR) is 63.7 cm³/mol. The molecule has 4 heteroatoms. The molecule has 0 saturated carbocycles. The predicted octanol–water partition coefficient (Wildman–Crippen LogP) is 1.39. The number of pyridine rings is 1. The molecule has 0 aliphatic rings. The van der Waals surface area contributed by atoms with E-state index in [0.29, 0.717) is 13.0 Å². The van der Waals surface area contributed by atoms with Gasteiger partial charge in [-0.1, -0.05) is 0 Å². The summed E-state index contributed by atoms with van der Waals surface area (Å²) in [6.07, 6.45) is 5.76. The second kappa shape index (κ2) is 6.95. The lowest BCUT2D eigenvalue weighted by Crippen LogP contribution is -2.26. The summed E-state index contributed by atoms with van der Waals surface area (Å²) in [7, 11) is 0. The van der Waals surface area contributed by atoms with Crippen LogP contribution in [0.2, 0.25) is 0 Å². The second-order valence-corrected chi connectivity index (χ2v) is 3.82. The van der Waals surface area contributed by atoms with Crippen LogP contribution in [0.1, 0.15) is 37.8 Å². The third kappa shape index (κ3) is 4.40. The zero-order chi connectivity index (χ0) is 11.8. The summed E-state index contributed by atoms with van der Waals surface area (Å²) in [6, 6.07) is 3.85. The van der Waals surface area contributed by atoms with Crippen LogP contribution in [0.3, 0.4) is 0 Å². The highest BCUT2D eigenvalue weighted by atomic mass is 16.1. The van der Waals surface area contributed by atoms with Crippen LogP contribution in [-0.2, 0) is 4.79 Å². The number of carbonyl (C=O) groups is 1. The van der Waals surface area contributed by atoms with E-state index in [1.807, 2.05) is 19.1 Å². The summed E-state index contributed by atoms with van der Waals surface area (Å²) in [6.45, 7) is 2.61. The van der Waals surface area contributed by atoms with Crippen LogP contribution >= 0.6 is 0 Å². The molecule has 0 radical (unpaired) electrons. The van der Waals surface area contributed by atoms with Gasteiger partial charge in [0.15, 0.2) is 0 Å². The van der Waals surface area contributed by atoms with Gasteiger partial charge >= 0.3 is 0 Å². The molecule has 1 amide bonds. The summed E-state index contributed by atoms with van der Waals surface area (Å²) >= 11 is 0. The first-order chi connectivity index (χ1) is 7.74. The lowest BCUT2D eigenvalue weighted by Gasteiger charge is -2.13. The molecule has 1 rings (SSSR count). The maximum Gasteiger partial charge on any atom is 0.220 e. The fourth-order valence-electron chi connectivity index (χ4n) is 1.48. The van der Waals surface area contributed by atoms with Gasteiger partial charge in [-0.3, -0.25) is 9.78 Å². The Morgan fingerprint density at radius 1 is 1.44 bits per heavy atom. The van der Waals surface area contributed by atoms with Gasteiger partial charge in [0.05, 0.1) is 6.04 Å². The van der Waals surface area contributed by atoms with Crippen LogP contribution in [-0.4, -0.2) is 17.4 Å². The van der Waals surface area contributed by atoms with Crippen LogP contribution in [0.25, 0.3) is 0 Å². The smallest absolute Gasteiger partial charge is 0.220 e. The highest BCUT2D eigenvalue weighted by Gasteiger charge is 2.08. The third-order valence-electron chi connectivity index (χ3n) is 2.44. The molecule has 88 valence electrons. The minimum absolute atomic E-state index is 0.0355. The van der Waals surface area contributed by atoms with E-state index in [2.05, 4.69) is 10.3 Å². The first kappa shape index (κ1) is 12.6. The molecule has 4 nitrogen and oxygen atoms in total. The van der Waals surface area contributed by atoms with Gasteiger partial charge in [0.2, 0.25) is 5.91 Å². The second-order valence-electron chi connectivity index (χ2n) is 3.82. The van der Waals surface area contributed by atoms with Gasteiger partial charge in [-0.15, -0.1) is 0 Å². The summed E-state index contributed by atoms with van der Waals surface area (Å²) in [5, 5.41) is 2.95. The normalized spacial score (nSPS) is 12.1. The molecule has 16 heavy (non-hydrogen) atoms.